The Morgan fingerprint density at radius 3 is 2.43 bits per heavy atom. The molecule has 30 heavy (non-hydrogen) atoms. The van der Waals surface area contributed by atoms with Crippen LogP contribution in [0.2, 0.25) is 10.0 Å². The topological polar surface area (TPSA) is 76.2 Å². The molecule has 0 saturated carbocycles. The SMILES string of the molecule is COc1cc(C)ccc1OCC(=O)N1CCN(S(=O)(=O)c2cccc(Cl)c2Cl)CC1. The lowest BCUT2D eigenvalue weighted by Gasteiger charge is -2.34. The molecule has 7 nitrogen and oxygen atoms in total. The molecule has 1 fully saturated rings. The van der Waals surface area contributed by atoms with E-state index in [2.05, 4.69) is 0 Å². The number of carbonyl (C=O) groups excluding carboxylic acids is 1. The Labute approximate surface area is 186 Å². The van der Waals surface area contributed by atoms with Crippen molar-refractivity contribution in [3.63, 3.8) is 0 Å². The maximum Gasteiger partial charge on any atom is 0.260 e. The van der Waals surface area contributed by atoms with Gasteiger partial charge in [-0.2, -0.15) is 4.31 Å². The van der Waals surface area contributed by atoms with Crippen molar-refractivity contribution in [2.75, 3.05) is 39.9 Å². The molecule has 0 radical (unpaired) electrons. The van der Waals surface area contributed by atoms with Gasteiger partial charge in [0.2, 0.25) is 10.0 Å². The van der Waals surface area contributed by atoms with Crippen molar-refractivity contribution in [2.24, 2.45) is 0 Å². The highest BCUT2D eigenvalue weighted by molar-refractivity contribution is 7.89. The van der Waals surface area contributed by atoms with Crippen LogP contribution in [0.25, 0.3) is 0 Å². The summed E-state index contributed by atoms with van der Waals surface area (Å²) in [5.74, 6) is 0.806. The zero-order chi connectivity index (χ0) is 21.9. The van der Waals surface area contributed by atoms with Crippen LogP contribution < -0.4 is 9.47 Å². The monoisotopic (exact) mass is 472 g/mol. The normalized spacial score (nSPS) is 15.1. The van der Waals surface area contributed by atoms with E-state index in [4.69, 9.17) is 32.7 Å². The molecule has 0 N–H and O–H groups in total. The molecule has 0 atom stereocenters. The van der Waals surface area contributed by atoms with E-state index in [0.29, 0.717) is 11.5 Å². The second-order valence-corrected chi connectivity index (χ2v) is 9.47. The number of benzene rings is 2. The van der Waals surface area contributed by atoms with Crippen LogP contribution in [-0.4, -0.2) is 63.4 Å². The molecule has 0 aromatic heterocycles. The molecule has 1 amide bonds. The van der Waals surface area contributed by atoms with E-state index in [1.165, 1.54) is 29.6 Å². The standard InChI is InChI=1S/C20H22Cl2N2O5S/c1-14-6-7-16(17(12-14)28-2)29-13-19(25)23-8-10-24(11-9-23)30(26,27)18-5-3-4-15(21)20(18)22/h3-7,12H,8-11,13H2,1-2H3. The van der Waals surface area contributed by atoms with Crippen molar-refractivity contribution >= 4 is 39.1 Å². The van der Waals surface area contributed by atoms with Crippen molar-refractivity contribution in [1.82, 2.24) is 9.21 Å². The van der Waals surface area contributed by atoms with Crippen LogP contribution in [-0.2, 0) is 14.8 Å². The van der Waals surface area contributed by atoms with Gasteiger partial charge in [-0.15, -0.1) is 0 Å². The molecular formula is C20H22Cl2N2O5S. The van der Waals surface area contributed by atoms with Gasteiger partial charge in [0.15, 0.2) is 18.1 Å². The fourth-order valence-electron chi connectivity index (χ4n) is 3.13. The van der Waals surface area contributed by atoms with Crippen molar-refractivity contribution in [3.8, 4) is 11.5 Å². The highest BCUT2D eigenvalue weighted by atomic mass is 35.5. The number of rotatable bonds is 6. The molecule has 1 aliphatic heterocycles. The van der Waals surface area contributed by atoms with Crippen molar-refractivity contribution in [2.45, 2.75) is 11.8 Å². The van der Waals surface area contributed by atoms with E-state index >= 15 is 0 Å². The predicted molar refractivity (Wildman–Crippen MR) is 115 cm³/mol. The zero-order valence-corrected chi connectivity index (χ0v) is 18.9. The average Bonchev–Trinajstić information content (AvgIpc) is 2.74. The van der Waals surface area contributed by atoms with Gasteiger partial charge in [-0.25, -0.2) is 8.42 Å². The van der Waals surface area contributed by atoms with Crippen LogP contribution in [0.1, 0.15) is 5.56 Å². The lowest BCUT2D eigenvalue weighted by molar-refractivity contribution is -0.134. The van der Waals surface area contributed by atoms with E-state index in [0.717, 1.165) is 5.56 Å². The number of piperazine rings is 1. The van der Waals surface area contributed by atoms with Gasteiger partial charge < -0.3 is 14.4 Å². The summed E-state index contributed by atoms with van der Waals surface area (Å²) in [6.07, 6.45) is 0. The fraction of sp³-hybridized carbons (Fsp3) is 0.350. The number of ether oxygens (including phenoxy) is 2. The number of hydrogen-bond donors (Lipinski definition) is 0. The third-order valence-corrected chi connectivity index (χ3v) is 7.67. The Balaban J connectivity index is 1.60. The molecule has 2 aromatic carbocycles. The van der Waals surface area contributed by atoms with Crippen LogP contribution in [0.3, 0.4) is 0 Å². The summed E-state index contributed by atoms with van der Waals surface area (Å²) in [5.41, 5.74) is 1.02. The smallest absolute Gasteiger partial charge is 0.260 e. The third-order valence-electron chi connectivity index (χ3n) is 4.80. The maximum atomic E-state index is 12.9. The van der Waals surface area contributed by atoms with Crippen LogP contribution in [0.4, 0.5) is 0 Å². The lowest BCUT2D eigenvalue weighted by atomic mass is 10.2. The Bertz CT molecular complexity index is 1040. The average molecular weight is 473 g/mol. The summed E-state index contributed by atoms with van der Waals surface area (Å²) in [5, 5.41) is 0.174. The van der Waals surface area contributed by atoms with Crippen LogP contribution in [0.5, 0.6) is 11.5 Å². The van der Waals surface area contributed by atoms with Gasteiger partial charge in [-0.05, 0) is 36.8 Å². The van der Waals surface area contributed by atoms with E-state index in [-0.39, 0.29) is 53.6 Å². The Hall–Kier alpha value is -2.00. The number of nitrogens with zero attached hydrogens (tertiary/aromatic N) is 2. The molecule has 2 aromatic rings. The number of sulfonamides is 1. The first-order valence-electron chi connectivity index (χ1n) is 9.23. The van der Waals surface area contributed by atoms with Gasteiger partial charge in [0, 0.05) is 26.2 Å². The summed E-state index contributed by atoms with van der Waals surface area (Å²) >= 11 is 12.0. The molecule has 1 saturated heterocycles. The summed E-state index contributed by atoms with van der Waals surface area (Å²) in [6.45, 7) is 2.60. The minimum atomic E-state index is -3.80. The first-order chi connectivity index (χ1) is 14.2. The van der Waals surface area contributed by atoms with E-state index in [9.17, 15) is 13.2 Å². The fourth-order valence-corrected chi connectivity index (χ4v) is 5.28. The van der Waals surface area contributed by atoms with Gasteiger partial charge in [-0.3, -0.25) is 4.79 Å². The van der Waals surface area contributed by atoms with Crippen molar-refractivity contribution in [3.05, 3.63) is 52.0 Å². The van der Waals surface area contributed by atoms with Crippen LogP contribution in [0.15, 0.2) is 41.3 Å². The van der Waals surface area contributed by atoms with Gasteiger partial charge >= 0.3 is 0 Å². The molecule has 0 bridgehead atoms. The number of hydrogen-bond acceptors (Lipinski definition) is 5. The number of methoxy groups -OCH3 is 1. The molecule has 0 spiro atoms. The molecule has 1 aliphatic rings. The van der Waals surface area contributed by atoms with Crippen LogP contribution in [0, 0.1) is 6.92 Å². The summed E-state index contributed by atoms with van der Waals surface area (Å²) in [6, 6.07) is 9.93. The molecule has 162 valence electrons. The second kappa shape index (κ2) is 9.43. The van der Waals surface area contributed by atoms with Crippen molar-refractivity contribution in [1.29, 1.82) is 0 Å². The Morgan fingerprint density at radius 2 is 1.77 bits per heavy atom. The van der Waals surface area contributed by atoms with E-state index in [1.54, 1.807) is 11.0 Å². The molecule has 3 rings (SSSR count). The number of amides is 1. The number of halogens is 2. The molecule has 0 aliphatic carbocycles. The van der Waals surface area contributed by atoms with E-state index in [1.807, 2.05) is 19.1 Å². The highest BCUT2D eigenvalue weighted by Crippen LogP contribution is 2.31. The quantitative estimate of drug-likeness (QED) is 0.644. The molecule has 0 unspecified atom stereocenters. The van der Waals surface area contributed by atoms with Gasteiger partial charge in [0.25, 0.3) is 5.91 Å². The number of carbonyl (C=O) groups is 1. The summed E-state index contributed by atoms with van der Waals surface area (Å²) in [4.78, 5) is 14.1. The Morgan fingerprint density at radius 1 is 1.07 bits per heavy atom. The predicted octanol–water partition coefficient (Wildman–Crippen LogP) is 3.22. The van der Waals surface area contributed by atoms with Crippen LogP contribution >= 0.6 is 23.2 Å². The van der Waals surface area contributed by atoms with Gasteiger partial charge in [-0.1, -0.05) is 35.3 Å². The first-order valence-corrected chi connectivity index (χ1v) is 11.4. The summed E-state index contributed by atoms with van der Waals surface area (Å²) in [7, 11) is -2.26. The van der Waals surface area contributed by atoms with Gasteiger partial charge in [0.1, 0.15) is 4.90 Å². The first kappa shape index (κ1) is 22.7. The largest absolute Gasteiger partial charge is 0.493 e. The lowest BCUT2D eigenvalue weighted by Crippen LogP contribution is -2.51. The van der Waals surface area contributed by atoms with Gasteiger partial charge in [0.05, 0.1) is 17.2 Å². The molecule has 1 heterocycles. The zero-order valence-electron chi connectivity index (χ0n) is 16.6. The minimum Gasteiger partial charge on any atom is -0.493 e. The maximum absolute atomic E-state index is 12.9. The van der Waals surface area contributed by atoms with E-state index < -0.39 is 10.0 Å². The van der Waals surface area contributed by atoms with Crippen molar-refractivity contribution < 1.29 is 22.7 Å². The minimum absolute atomic E-state index is 0.00174. The summed E-state index contributed by atoms with van der Waals surface area (Å²) < 4.78 is 38.0. The molecular weight excluding hydrogens is 451 g/mol. The third kappa shape index (κ3) is 4.83. The number of aryl methyl sites for hydroxylation is 1. The highest BCUT2D eigenvalue weighted by Gasteiger charge is 2.32. The Kier molecular flexibility index (Phi) is 7.13. The molecule has 10 heteroatoms. The second-order valence-electron chi connectivity index (χ2n) is 6.78.